The monoisotopic (exact) mass is 729 g/mol. The molecule has 5 nitrogen and oxygen atoms in total. The van der Waals surface area contributed by atoms with Crippen LogP contribution < -0.4 is 0 Å². The van der Waals surface area contributed by atoms with Crippen LogP contribution >= 0.6 is 0 Å². The Morgan fingerprint density at radius 1 is 0.263 bits per heavy atom. The fourth-order valence-electron chi connectivity index (χ4n) is 7.41. The maximum absolute atomic E-state index is 5.13. The second kappa shape index (κ2) is 14.8. The summed E-state index contributed by atoms with van der Waals surface area (Å²) in [4.78, 5) is 20.4. The van der Waals surface area contributed by atoms with Crippen molar-refractivity contribution in [1.82, 2.24) is 24.5 Å². The topological polar surface area (TPSA) is 56.5 Å². The highest BCUT2D eigenvalue weighted by Gasteiger charge is 2.16. The molecule has 5 heteroatoms. The summed E-state index contributed by atoms with van der Waals surface area (Å²) in [6.45, 7) is 0. The van der Waals surface area contributed by atoms with E-state index in [0.717, 1.165) is 78.2 Å². The normalized spacial score (nSPS) is 11.2. The average molecular weight is 730 g/mol. The number of rotatable bonds is 8. The van der Waals surface area contributed by atoms with Crippen molar-refractivity contribution >= 4 is 11.0 Å². The van der Waals surface area contributed by atoms with Gasteiger partial charge in [0.25, 0.3) is 0 Å². The second-order valence-corrected chi connectivity index (χ2v) is 14.0. The smallest absolute Gasteiger partial charge is 0.164 e. The Balaban J connectivity index is 1.05. The highest BCUT2D eigenvalue weighted by atomic mass is 15.1. The Hall–Kier alpha value is -7.76. The summed E-state index contributed by atoms with van der Waals surface area (Å²) < 4.78 is 2.23. The molecule has 0 fully saturated rings. The molecule has 8 aromatic carbocycles. The van der Waals surface area contributed by atoms with Crippen LogP contribution in [0.2, 0.25) is 0 Å². The average Bonchev–Trinajstić information content (AvgIpc) is 3.70. The summed E-state index contributed by atoms with van der Waals surface area (Å²) >= 11 is 0. The van der Waals surface area contributed by atoms with Crippen LogP contribution in [0.4, 0.5) is 0 Å². The third kappa shape index (κ3) is 6.79. The number of hydrogen-bond donors (Lipinski definition) is 0. The molecular weight excluding hydrogens is 695 g/mol. The zero-order valence-electron chi connectivity index (χ0n) is 30.9. The number of hydrogen-bond acceptors (Lipinski definition) is 4. The van der Waals surface area contributed by atoms with Gasteiger partial charge in [0.05, 0.1) is 11.0 Å². The van der Waals surface area contributed by atoms with Crippen molar-refractivity contribution in [3.8, 4) is 84.6 Å². The van der Waals surface area contributed by atoms with Crippen LogP contribution in [0.25, 0.3) is 95.7 Å². The predicted molar refractivity (Wildman–Crippen MR) is 233 cm³/mol. The van der Waals surface area contributed by atoms with E-state index in [9.17, 15) is 0 Å². The van der Waals surface area contributed by atoms with Crippen LogP contribution in [0, 0.1) is 0 Å². The van der Waals surface area contributed by atoms with E-state index in [0.29, 0.717) is 17.5 Å². The fraction of sp³-hybridized carbons (Fsp3) is 0. The van der Waals surface area contributed by atoms with Gasteiger partial charge in [-0.25, -0.2) is 19.9 Å². The van der Waals surface area contributed by atoms with Gasteiger partial charge >= 0.3 is 0 Å². The first-order valence-electron chi connectivity index (χ1n) is 19.1. The van der Waals surface area contributed by atoms with E-state index in [4.69, 9.17) is 19.9 Å². The quantitative estimate of drug-likeness (QED) is 0.156. The van der Waals surface area contributed by atoms with Crippen LogP contribution in [0.5, 0.6) is 0 Å². The van der Waals surface area contributed by atoms with Gasteiger partial charge in [-0.15, -0.1) is 0 Å². The van der Waals surface area contributed by atoms with Gasteiger partial charge in [0.1, 0.15) is 5.82 Å². The van der Waals surface area contributed by atoms with Gasteiger partial charge in [-0.05, 0) is 75.8 Å². The molecule has 0 bridgehead atoms. The van der Waals surface area contributed by atoms with Crippen molar-refractivity contribution in [3.63, 3.8) is 0 Å². The van der Waals surface area contributed by atoms with Crippen molar-refractivity contribution in [1.29, 1.82) is 0 Å². The third-order valence-corrected chi connectivity index (χ3v) is 10.3. The first-order valence-corrected chi connectivity index (χ1v) is 19.1. The second-order valence-electron chi connectivity index (χ2n) is 14.0. The first-order chi connectivity index (χ1) is 28.2. The van der Waals surface area contributed by atoms with Crippen molar-refractivity contribution in [3.05, 3.63) is 212 Å². The van der Waals surface area contributed by atoms with E-state index >= 15 is 0 Å². The molecule has 0 atom stereocenters. The largest absolute Gasteiger partial charge is 0.292 e. The van der Waals surface area contributed by atoms with E-state index in [1.807, 2.05) is 24.3 Å². The zero-order chi connectivity index (χ0) is 38.0. The maximum atomic E-state index is 5.13. The molecule has 10 aromatic rings. The van der Waals surface area contributed by atoms with Crippen molar-refractivity contribution in [2.45, 2.75) is 0 Å². The molecule has 0 aliphatic heterocycles. The molecule has 0 aliphatic carbocycles. The molecule has 0 spiro atoms. The number of imidazole rings is 1. The highest BCUT2D eigenvalue weighted by molar-refractivity contribution is 5.84. The van der Waals surface area contributed by atoms with Gasteiger partial charge in [0.2, 0.25) is 0 Å². The Morgan fingerprint density at radius 3 is 1.12 bits per heavy atom. The number of fused-ring (bicyclic) bond motifs is 1. The van der Waals surface area contributed by atoms with Gasteiger partial charge < -0.3 is 0 Å². The summed E-state index contributed by atoms with van der Waals surface area (Å²) in [5.41, 5.74) is 13.5. The van der Waals surface area contributed by atoms with E-state index in [2.05, 4.69) is 193 Å². The maximum Gasteiger partial charge on any atom is 0.164 e. The first kappa shape index (κ1) is 33.8. The molecule has 268 valence electrons. The zero-order valence-corrected chi connectivity index (χ0v) is 30.9. The van der Waals surface area contributed by atoms with Crippen molar-refractivity contribution in [2.24, 2.45) is 0 Å². The Labute approximate surface area is 331 Å². The highest BCUT2D eigenvalue weighted by Crippen LogP contribution is 2.33. The number of para-hydroxylation sites is 3. The molecule has 0 unspecified atom stereocenters. The Kier molecular flexibility index (Phi) is 8.78. The molecule has 0 saturated carbocycles. The van der Waals surface area contributed by atoms with Crippen LogP contribution in [0.15, 0.2) is 212 Å². The molecule has 0 radical (unpaired) electrons. The lowest BCUT2D eigenvalue weighted by molar-refractivity contribution is 1.07. The summed E-state index contributed by atoms with van der Waals surface area (Å²) in [5, 5.41) is 0. The van der Waals surface area contributed by atoms with Gasteiger partial charge in [0, 0.05) is 27.9 Å². The Bertz CT molecular complexity index is 2890. The summed E-state index contributed by atoms with van der Waals surface area (Å²) in [6.07, 6.45) is 0. The SMILES string of the molecule is c1ccc(-c2cccc(-c3nc(-c4cccc(-c5ccccc5)c4)nc(-c4cccc(-c5ccc(-c6nc7ccccc7n6-c6ccccc6)cc5)c4)n3)c2)cc1. The minimum atomic E-state index is 0.611. The van der Waals surface area contributed by atoms with Crippen molar-refractivity contribution < 1.29 is 0 Å². The van der Waals surface area contributed by atoms with Gasteiger partial charge in [-0.2, -0.15) is 0 Å². The van der Waals surface area contributed by atoms with E-state index in [1.165, 1.54) is 0 Å². The lowest BCUT2D eigenvalue weighted by Crippen LogP contribution is -2.00. The lowest BCUT2D eigenvalue weighted by atomic mass is 10.0. The minimum Gasteiger partial charge on any atom is -0.292 e. The Morgan fingerprint density at radius 2 is 0.632 bits per heavy atom. The minimum absolute atomic E-state index is 0.611. The molecule has 10 rings (SSSR count). The molecule has 2 heterocycles. The van der Waals surface area contributed by atoms with Crippen LogP contribution in [0.1, 0.15) is 0 Å². The molecule has 0 saturated heterocycles. The summed E-state index contributed by atoms with van der Waals surface area (Å²) in [7, 11) is 0. The standard InChI is InChI=1S/C52H35N5/c1-4-15-36(16-5-1)40-19-12-22-43(33-40)49-54-50(44-23-13-20-41(34-44)37-17-6-2-7-18-37)56-51(55-49)45-24-14-21-42(35-45)38-29-31-39(32-30-38)52-53-47-27-10-11-28-48(47)57(52)46-25-8-3-9-26-46/h1-35H. The number of nitrogens with zero attached hydrogens (tertiary/aromatic N) is 5. The van der Waals surface area contributed by atoms with Gasteiger partial charge in [-0.3, -0.25) is 4.57 Å². The van der Waals surface area contributed by atoms with Crippen LogP contribution in [-0.2, 0) is 0 Å². The summed E-state index contributed by atoms with van der Waals surface area (Å²) in [5.74, 6) is 2.75. The predicted octanol–water partition coefficient (Wildman–Crippen LogP) is 12.9. The molecule has 2 aromatic heterocycles. The third-order valence-electron chi connectivity index (χ3n) is 10.3. The molecular formula is C52H35N5. The van der Waals surface area contributed by atoms with E-state index in [1.54, 1.807) is 0 Å². The molecule has 0 N–H and O–H groups in total. The van der Waals surface area contributed by atoms with E-state index < -0.39 is 0 Å². The van der Waals surface area contributed by atoms with E-state index in [-0.39, 0.29) is 0 Å². The van der Waals surface area contributed by atoms with Gasteiger partial charge in [0.15, 0.2) is 17.5 Å². The molecule has 0 amide bonds. The number of benzene rings is 8. The molecule has 0 aliphatic rings. The lowest BCUT2D eigenvalue weighted by Gasteiger charge is -2.12. The number of aromatic nitrogens is 5. The van der Waals surface area contributed by atoms with Crippen LogP contribution in [0.3, 0.4) is 0 Å². The van der Waals surface area contributed by atoms with Crippen molar-refractivity contribution in [2.75, 3.05) is 0 Å². The molecule has 57 heavy (non-hydrogen) atoms. The fourth-order valence-corrected chi connectivity index (χ4v) is 7.41. The summed E-state index contributed by atoms with van der Waals surface area (Å²) in [6, 6.07) is 73.4. The van der Waals surface area contributed by atoms with Gasteiger partial charge in [-0.1, -0.05) is 170 Å². The van der Waals surface area contributed by atoms with Crippen LogP contribution in [-0.4, -0.2) is 24.5 Å².